The van der Waals surface area contributed by atoms with Gasteiger partial charge in [-0.3, -0.25) is 0 Å². The number of epoxide rings is 1. The molecule has 0 radical (unpaired) electrons. The van der Waals surface area contributed by atoms with Gasteiger partial charge in [0.05, 0.1) is 6.10 Å². The highest BCUT2D eigenvalue weighted by molar-refractivity contribution is 5.80. The van der Waals surface area contributed by atoms with E-state index in [0.29, 0.717) is 6.10 Å². The van der Waals surface area contributed by atoms with Gasteiger partial charge < -0.3 is 9.84 Å². The lowest BCUT2D eigenvalue weighted by molar-refractivity contribution is -0.131. The molecular weight excluding hydrogens is 144 g/mol. The molecule has 1 heterocycles. The first kappa shape index (κ1) is 6.85. The number of carboxylic acid groups (broad SMARTS) is 1. The fourth-order valence-corrected chi connectivity index (χ4v) is 1.76. The van der Waals surface area contributed by atoms with Crippen LogP contribution < -0.4 is 0 Å². The number of carbonyl (C=O) groups is 1. The lowest BCUT2D eigenvalue weighted by Gasteiger charge is -1.97. The fraction of sp³-hybridized carbons (Fsp3) is 0.625. The molecule has 11 heavy (non-hydrogen) atoms. The minimum atomic E-state index is -0.888. The minimum Gasteiger partial charge on any atom is -0.478 e. The van der Waals surface area contributed by atoms with Gasteiger partial charge in [0, 0.05) is 6.08 Å². The van der Waals surface area contributed by atoms with E-state index in [2.05, 4.69) is 0 Å². The summed E-state index contributed by atoms with van der Waals surface area (Å²) in [5, 5.41) is 8.36. The second kappa shape index (κ2) is 2.08. The van der Waals surface area contributed by atoms with Crippen LogP contribution >= 0.6 is 0 Å². The van der Waals surface area contributed by atoms with Gasteiger partial charge in [-0.1, -0.05) is 0 Å². The topological polar surface area (TPSA) is 49.8 Å². The van der Waals surface area contributed by atoms with Crippen molar-refractivity contribution in [1.82, 2.24) is 0 Å². The molecule has 0 aromatic heterocycles. The molecule has 2 atom stereocenters. The Balaban J connectivity index is 2.01. The summed E-state index contributed by atoms with van der Waals surface area (Å²) < 4.78 is 5.34. The van der Waals surface area contributed by atoms with E-state index in [1.807, 2.05) is 0 Å². The van der Waals surface area contributed by atoms with E-state index in [1.54, 1.807) is 6.08 Å². The van der Waals surface area contributed by atoms with Crippen molar-refractivity contribution in [3.8, 4) is 0 Å². The van der Waals surface area contributed by atoms with Crippen LogP contribution in [-0.4, -0.2) is 22.8 Å². The van der Waals surface area contributed by atoms with Gasteiger partial charge in [-0.15, -0.1) is 0 Å². The standard InChI is InChI=1S/C8H10O3/c9-7(10)3-5-8-4-1-2-6(8)11-8/h3,5-6H,1-2,4H2,(H,9,10). The van der Waals surface area contributed by atoms with Crippen LogP contribution in [0.25, 0.3) is 0 Å². The lowest BCUT2D eigenvalue weighted by Crippen LogP contribution is -2.05. The normalized spacial score (nSPS) is 40.9. The van der Waals surface area contributed by atoms with Crippen LogP contribution in [0.2, 0.25) is 0 Å². The van der Waals surface area contributed by atoms with Gasteiger partial charge in [-0.25, -0.2) is 4.79 Å². The van der Waals surface area contributed by atoms with Gasteiger partial charge in [-0.05, 0) is 25.3 Å². The highest BCUT2D eigenvalue weighted by Crippen LogP contribution is 2.50. The molecule has 2 unspecified atom stereocenters. The number of aliphatic carboxylic acids is 1. The van der Waals surface area contributed by atoms with E-state index >= 15 is 0 Å². The zero-order chi connectivity index (χ0) is 7.90. The van der Waals surface area contributed by atoms with E-state index in [0.717, 1.165) is 19.3 Å². The molecule has 2 aliphatic rings. The molecule has 0 bridgehead atoms. The largest absolute Gasteiger partial charge is 0.478 e. The average Bonchev–Trinajstić information content (AvgIpc) is 2.52. The van der Waals surface area contributed by atoms with Gasteiger partial charge in [0.25, 0.3) is 0 Å². The summed E-state index contributed by atoms with van der Waals surface area (Å²) >= 11 is 0. The van der Waals surface area contributed by atoms with Crippen molar-refractivity contribution >= 4 is 5.97 Å². The van der Waals surface area contributed by atoms with Crippen LogP contribution in [0.15, 0.2) is 12.2 Å². The Morgan fingerprint density at radius 2 is 2.55 bits per heavy atom. The average molecular weight is 154 g/mol. The van der Waals surface area contributed by atoms with Crippen molar-refractivity contribution in [3.05, 3.63) is 12.2 Å². The van der Waals surface area contributed by atoms with E-state index in [9.17, 15) is 4.79 Å². The molecule has 1 saturated carbocycles. The third kappa shape index (κ3) is 1.05. The maximum atomic E-state index is 10.2. The molecule has 1 saturated heterocycles. The number of rotatable bonds is 2. The summed E-state index contributed by atoms with van der Waals surface area (Å²) in [7, 11) is 0. The molecule has 60 valence electrons. The minimum absolute atomic E-state index is 0.168. The van der Waals surface area contributed by atoms with E-state index in [-0.39, 0.29) is 5.60 Å². The molecule has 3 nitrogen and oxygen atoms in total. The van der Waals surface area contributed by atoms with Crippen molar-refractivity contribution in [1.29, 1.82) is 0 Å². The highest BCUT2D eigenvalue weighted by atomic mass is 16.6. The predicted molar refractivity (Wildman–Crippen MR) is 38.2 cm³/mol. The predicted octanol–water partition coefficient (Wildman–Crippen LogP) is 0.949. The molecule has 3 heteroatoms. The van der Waals surface area contributed by atoms with Gasteiger partial charge in [-0.2, -0.15) is 0 Å². The number of carboxylic acids is 1. The summed E-state index contributed by atoms with van der Waals surface area (Å²) in [6.45, 7) is 0. The Labute approximate surface area is 64.7 Å². The first-order valence-electron chi connectivity index (χ1n) is 3.83. The summed E-state index contributed by atoms with van der Waals surface area (Å²) in [5.41, 5.74) is -0.168. The molecule has 0 amide bonds. The van der Waals surface area contributed by atoms with Crippen LogP contribution in [0, 0.1) is 0 Å². The Morgan fingerprint density at radius 3 is 3.00 bits per heavy atom. The number of ether oxygens (including phenoxy) is 1. The Morgan fingerprint density at radius 1 is 1.73 bits per heavy atom. The fourth-order valence-electron chi connectivity index (χ4n) is 1.76. The zero-order valence-corrected chi connectivity index (χ0v) is 6.12. The molecule has 1 aliphatic carbocycles. The maximum absolute atomic E-state index is 10.2. The van der Waals surface area contributed by atoms with Crippen LogP contribution in [0.4, 0.5) is 0 Å². The Bertz CT molecular complexity index is 221. The van der Waals surface area contributed by atoms with Crippen LogP contribution in [0.1, 0.15) is 19.3 Å². The maximum Gasteiger partial charge on any atom is 0.328 e. The molecule has 1 aliphatic heterocycles. The summed E-state index contributed by atoms with van der Waals surface area (Å²) in [6.07, 6.45) is 6.43. The molecule has 2 rings (SSSR count). The first-order chi connectivity index (χ1) is 5.23. The number of hydrogen-bond acceptors (Lipinski definition) is 2. The molecule has 2 fully saturated rings. The number of fused-ring (bicyclic) bond motifs is 1. The zero-order valence-electron chi connectivity index (χ0n) is 6.12. The monoisotopic (exact) mass is 154 g/mol. The van der Waals surface area contributed by atoms with Crippen molar-refractivity contribution in [2.24, 2.45) is 0 Å². The smallest absolute Gasteiger partial charge is 0.328 e. The van der Waals surface area contributed by atoms with Crippen molar-refractivity contribution in [2.75, 3.05) is 0 Å². The van der Waals surface area contributed by atoms with Gasteiger partial charge in [0.2, 0.25) is 0 Å². The third-order valence-electron chi connectivity index (χ3n) is 2.39. The van der Waals surface area contributed by atoms with E-state index in [1.165, 1.54) is 6.08 Å². The van der Waals surface area contributed by atoms with E-state index in [4.69, 9.17) is 9.84 Å². The summed E-state index contributed by atoms with van der Waals surface area (Å²) in [4.78, 5) is 10.2. The lowest BCUT2D eigenvalue weighted by atomic mass is 10.1. The first-order valence-corrected chi connectivity index (χ1v) is 3.83. The summed E-state index contributed by atoms with van der Waals surface area (Å²) in [5.74, 6) is -0.888. The molecule has 1 N–H and O–H groups in total. The van der Waals surface area contributed by atoms with Crippen molar-refractivity contribution in [3.63, 3.8) is 0 Å². The van der Waals surface area contributed by atoms with Crippen LogP contribution in [-0.2, 0) is 9.53 Å². The third-order valence-corrected chi connectivity index (χ3v) is 2.39. The second-order valence-electron chi connectivity index (χ2n) is 3.13. The SMILES string of the molecule is O=C(O)C=CC12CCCC1O2. The van der Waals surface area contributed by atoms with Crippen molar-refractivity contribution in [2.45, 2.75) is 31.0 Å². The summed E-state index contributed by atoms with van der Waals surface area (Å²) in [6, 6.07) is 0. The van der Waals surface area contributed by atoms with E-state index < -0.39 is 5.97 Å². The van der Waals surface area contributed by atoms with Gasteiger partial charge in [0.1, 0.15) is 5.60 Å². The Hall–Kier alpha value is -0.830. The van der Waals surface area contributed by atoms with Crippen LogP contribution in [0.3, 0.4) is 0 Å². The second-order valence-corrected chi connectivity index (χ2v) is 3.13. The van der Waals surface area contributed by atoms with Crippen molar-refractivity contribution < 1.29 is 14.6 Å². The molecule has 0 aromatic carbocycles. The Kier molecular flexibility index (Phi) is 1.29. The van der Waals surface area contributed by atoms with Gasteiger partial charge in [0.15, 0.2) is 0 Å². The number of hydrogen-bond donors (Lipinski definition) is 1. The molecular formula is C8H10O3. The van der Waals surface area contributed by atoms with Crippen LogP contribution in [0.5, 0.6) is 0 Å². The quantitative estimate of drug-likeness (QED) is 0.476. The highest BCUT2D eigenvalue weighted by Gasteiger charge is 2.57. The molecule has 0 spiro atoms. The molecule has 0 aromatic rings. The van der Waals surface area contributed by atoms with Gasteiger partial charge >= 0.3 is 5.97 Å².